The molecule has 10 aromatic carbocycles. The summed E-state index contributed by atoms with van der Waals surface area (Å²) in [7, 11) is 0. The van der Waals surface area contributed by atoms with E-state index in [0.717, 1.165) is 0 Å². The Morgan fingerprint density at radius 3 is 1.45 bits per heavy atom. The monoisotopic (exact) mass is 556 g/mol. The lowest BCUT2D eigenvalue weighted by Gasteiger charge is -2.15. The summed E-state index contributed by atoms with van der Waals surface area (Å²) in [6.45, 7) is 4.45. The SMILES string of the molecule is Cc1cc2cc(C)cc3c4cc5c(cc4c(c1)c23)c(-c1ccccc1)c1c2ccccc2c2cc(-c3ccccc3)cc5c21. The molecule has 0 aliphatic rings. The first-order chi connectivity index (χ1) is 21.6. The van der Waals surface area contributed by atoms with Crippen molar-refractivity contribution in [2.75, 3.05) is 0 Å². The van der Waals surface area contributed by atoms with Crippen molar-refractivity contribution in [3.05, 3.63) is 145 Å². The molecule has 0 aliphatic heterocycles. The smallest absolute Gasteiger partial charge is 0.000785 e. The molecular weight excluding hydrogens is 528 g/mol. The predicted octanol–water partition coefficient (Wildman–Crippen LogP) is 12.6. The van der Waals surface area contributed by atoms with Crippen molar-refractivity contribution in [3.8, 4) is 22.3 Å². The summed E-state index contributed by atoms with van der Waals surface area (Å²) in [5.41, 5.74) is 7.74. The van der Waals surface area contributed by atoms with Crippen LogP contribution in [0.5, 0.6) is 0 Å². The minimum atomic E-state index is 1.25. The molecule has 10 rings (SSSR count). The highest BCUT2D eigenvalue weighted by Gasteiger charge is 2.23. The predicted molar refractivity (Wildman–Crippen MR) is 192 cm³/mol. The molecule has 0 saturated heterocycles. The van der Waals surface area contributed by atoms with Gasteiger partial charge >= 0.3 is 0 Å². The van der Waals surface area contributed by atoms with Gasteiger partial charge in [-0.25, -0.2) is 0 Å². The van der Waals surface area contributed by atoms with Gasteiger partial charge in [0.15, 0.2) is 0 Å². The molecule has 0 saturated carbocycles. The van der Waals surface area contributed by atoms with Crippen LogP contribution in [0.1, 0.15) is 11.1 Å². The van der Waals surface area contributed by atoms with Gasteiger partial charge in [0.05, 0.1) is 0 Å². The van der Waals surface area contributed by atoms with Gasteiger partial charge in [0, 0.05) is 0 Å². The van der Waals surface area contributed by atoms with Crippen molar-refractivity contribution in [2.45, 2.75) is 13.8 Å². The largest absolute Gasteiger partial charge is 0.0622 e. The Balaban J connectivity index is 1.52. The van der Waals surface area contributed by atoms with Gasteiger partial charge in [0.1, 0.15) is 0 Å². The molecule has 0 nitrogen and oxygen atoms in total. The number of benzene rings is 8. The molecule has 0 heteroatoms. The van der Waals surface area contributed by atoms with Crippen LogP contribution in [0.4, 0.5) is 0 Å². The van der Waals surface area contributed by atoms with Gasteiger partial charge < -0.3 is 0 Å². The first-order valence-corrected chi connectivity index (χ1v) is 15.5. The Kier molecular flexibility index (Phi) is 4.67. The number of fused-ring (bicyclic) bond motifs is 8. The molecule has 0 fully saturated rings. The third-order valence-corrected chi connectivity index (χ3v) is 9.93. The summed E-state index contributed by atoms with van der Waals surface area (Å²) in [6.07, 6.45) is 0. The molecule has 0 spiro atoms. The van der Waals surface area contributed by atoms with E-state index >= 15 is 0 Å². The zero-order valence-corrected chi connectivity index (χ0v) is 24.7. The van der Waals surface area contributed by atoms with E-state index < -0.39 is 0 Å². The highest BCUT2D eigenvalue weighted by atomic mass is 14.3. The normalized spacial score (nSPS) is 12.3. The summed E-state index contributed by atoms with van der Waals surface area (Å²) in [6, 6.07) is 50.3. The molecule has 0 aliphatic carbocycles. The fourth-order valence-electron chi connectivity index (χ4n) is 8.22. The third kappa shape index (κ3) is 3.12. The van der Waals surface area contributed by atoms with E-state index in [4.69, 9.17) is 0 Å². The van der Waals surface area contributed by atoms with Crippen molar-refractivity contribution < 1.29 is 0 Å². The lowest BCUT2D eigenvalue weighted by Crippen LogP contribution is -1.88. The van der Waals surface area contributed by atoms with Crippen LogP contribution in [0, 0.1) is 13.8 Å². The zero-order chi connectivity index (χ0) is 29.1. The van der Waals surface area contributed by atoms with E-state index in [9.17, 15) is 0 Å². The highest BCUT2D eigenvalue weighted by molar-refractivity contribution is 6.42. The Morgan fingerprint density at radius 2 is 0.795 bits per heavy atom. The van der Waals surface area contributed by atoms with Gasteiger partial charge in [-0.1, -0.05) is 109 Å². The molecule has 0 amide bonds. The summed E-state index contributed by atoms with van der Waals surface area (Å²) in [5, 5.41) is 18.9. The quantitative estimate of drug-likeness (QED) is 0.186. The van der Waals surface area contributed by atoms with Crippen molar-refractivity contribution in [1.29, 1.82) is 0 Å². The average Bonchev–Trinajstić information content (AvgIpc) is 3.54. The molecule has 204 valence electrons. The topological polar surface area (TPSA) is 0 Å². The summed E-state index contributed by atoms with van der Waals surface area (Å²) >= 11 is 0. The van der Waals surface area contributed by atoms with Gasteiger partial charge in [-0.2, -0.15) is 0 Å². The fraction of sp³-hybridized carbons (Fsp3) is 0.0455. The van der Waals surface area contributed by atoms with Crippen LogP contribution in [0.25, 0.3) is 97.7 Å². The maximum Gasteiger partial charge on any atom is -0.000785 e. The van der Waals surface area contributed by atoms with E-state index in [1.54, 1.807) is 0 Å². The summed E-state index contributed by atoms with van der Waals surface area (Å²) < 4.78 is 0. The van der Waals surface area contributed by atoms with Crippen molar-refractivity contribution >= 4 is 75.4 Å². The lowest BCUT2D eigenvalue weighted by atomic mass is 9.87. The highest BCUT2D eigenvalue weighted by Crippen LogP contribution is 2.51. The van der Waals surface area contributed by atoms with E-state index in [2.05, 4.69) is 147 Å². The van der Waals surface area contributed by atoms with E-state index in [1.165, 1.54) is 109 Å². The number of hydrogen-bond acceptors (Lipinski definition) is 0. The second-order valence-corrected chi connectivity index (χ2v) is 12.6. The number of rotatable bonds is 2. The minimum absolute atomic E-state index is 1.25. The van der Waals surface area contributed by atoms with Crippen molar-refractivity contribution in [3.63, 3.8) is 0 Å². The van der Waals surface area contributed by atoms with E-state index in [1.807, 2.05) is 0 Å². The molecule has 0 aromatic heterocycles. The fourth-order valence-corrected chi connectivity index (χ4v) is 8.22. The van der Waals surface area contributed by atoms with Gasteiger partial charge in [0.2, 0.25) is 0 Å². The molecule has 0 radical (unpaired) electrons. The molecule has 0 N–H and O–H groups in total. The number of hydrogen-bond donors (Lipinski definition) is 0. The van der Waals surface area contributed by atoms with Crippen molar-refractivity contribution in [1.82, 2.24) is 0 Å². The van der Waals surface area contributed by atoms with Crippen LogP contribution < -0.4 is 0 Å². The molecule has 0 heterocycles. The molecule has 0 atom stereocenters. The van der Waals surface area contributed by atoms with Crippen LogP contribution >= 0.6 is 0 Å². The molecule has 10 aromatic rings. The van der Waals surface area contributed by atoms with Gasteiger partial charge in [-0.15, -0.1) is 0 Å². The maximum absolute atomic E-state index is 2.52. The minimum Gasteiger partial charge on any atom is -0.0622 e. The van der Waals surface area contributed by atoms with Crippen LogP contribution in [0.15, 0.2) is 133 Å². The first-order valence-electron chi connectivity index (χ1n) is 15.5. The average molecular weight is 557 g/mol. The molecular formula is C44H28. The van der Waals surface area contributed by atoms with Gasteiger partial charge in [-0.3, -0.25) is 0 Å². The Bertz CT molecular complexity index is 2740. The molecule has 44 heavy (non-hydrogen) atoms. The van der Waals surface area contributed by atoms with Crippen LogP contribution in [-0.2, 0) is 0 Å². The van der Waals surface area contributed by atoms with Crippen LogP contribution in [0.3, 0.4) is 0 Å². The zero-order valence-electron chi connectivity index (χ0n) is 24.7. The first kappa shape index (κ1) is 24.0. The maximum atomic E-state index is 2.52. The lowest BCUT2D eigenvalue weighted by molar-refractivity contribution is 1.50. The summed E-state index contributed by atoms with van der Waals surface area (Å²) in [4.78, 5) is 0. The summed E-state index contributed by atoms with van der Waals surface area (Å²) in [5.74, 6) is 0. The Hall–Kier alpha value is -5.46. The van der Waals surface area contributed by atoms with Crippen molar-refractivity contribution in [2.24, 2.45) is 0 Å². The second-order valence-electron chi connectivity index (χ2n) is 12.6. The molecule has 0 unspecified atom stereocenters. The Labute approximate surface area is 255 Å². The van der Waals surface area contributed by atoms with E-state index in [-0.39, 0.29) is 0 Å². The van der Waals surface area contributed by atoms with Gasteiger partial charge in [0.25, 0.3) is 0 Å². The second kappa shape index (κ2) is 8.56. The Morgan fingerprint density at radius 1 is 0.295 bits per heavy atom. The number of aryl methyl sites for hydroxylation is 2. The van der Waals surface area contributed by atoms with Gasteiger partial charge in [-0.05, 0) is 147 Å². The third-order valence-electron chi connectivity index (χ3n) is 9.93. The standard InChI is InChI=1S/C44H28/c1-25-17-30-18-26(2)20-37-34-24-40-35(23-33(34)36(19-25)41(30)37)39-22-29(27-11-5-3-6-12-27)21-38-31-15-9-10-16-32(31)44(43(38)39)42(40)28-13-7-4-8-14-28/h3-24H,1-2H3. The molecule has 0 bridgehead atoms. The van der Waals surface area contributed by atoms with Crippen LogP contribution in [0.2, 0.25) is 0 Å². The van der Waals surface area contributed by atoms with E-state index in [0.29, 0.717) is 0 Å². The van der Waals surface area contributed by atoms with Crippen LogP contribution in [-0.4, -0.2) is 0 Å².